The molecular weight excluding hydrogens is 216 g/mol. The Morgan fingerprint density at radius 3 is 2.64 bits per heavy atom. The van der Waals surface area contributed by atoms with Gasteiger partial charge in [-0.05, 0) is 36.4 Å². The summed E-state index contributed by atoms with van der Waals surface area (Å²) >= 11 is 7.03. The van der Waals surface area contributed by atoms with Crippen LogP contribution in [0.4, 0.5) is 0 Å². The minimum absolute atomic E-state index is 0.139. The molecule has 0 aliphatic carbocycles. The fraction of sp³-hybridized carbons (Fsp3) is 0.182. The molecular formula is C11H9ClOS. The highest BCUT2D eigenvalue weighted by atomic mass is 35.5. The molecule has 0 aliphatic heterocycles. The Kier molecular flexibility index (Phi) is 4.58. The summed E-state index contributed by atoms with van der Waals surface area (Å²) in [5.74, 6) is 3.51. The van der Waals surface area contributed by atoms with Crippen molar-refractivity contribution < 1.29 is 4.79 Å². The van der Waals surface area contributed by atoms with Crippen LogP contribution >= 0.6 is 23.4 Å². The molecule has 0 atom stereocenters. The predicted octanol–water partition coefficient (Wildman–Crippen LogP) is 2.97. The number of ketones is 1. The molecule has 0 amide bonds. The van der Waals surface area contributed by atoms with E-state index in [0.717, 1.165) is 5.56 Å². The van der Waals surface area contributed by atoms with Crippen molar-refractivity contribution in [1.29, 1.82) is 0 Å². The Morgan fingerprint density at radius 1 is 1.43 bits per heavy atom. The third-order valence-corrected chi connectivity index (χ3v) is 2.44. The molecule has 0 bridgehead atoms. The summed E-state index contributed by atoms with van der Waals surface area (Å²) in [6.45, 7) is 1.55. The van der Waals surface area contributed by atoms with Gasteiger partial charge in [0.2, 0.25) is 0 Å². The van der Waals surface area contributed by atoms with Crippen molar-refractivity contribution in [1.82, 2.24) is 0 Å². The van der Waals surface area contributed by atoms with Crippen LogP contribution in [-0.2, 0) is 4.79 Å². The second-order valence-electron chi connectivity index (χ2n) is 2.72. The molecule has 0 aromatic heterocycles. The summed E-state index contributed by atoms with van der Waals surface area (Å²) < 4.78 is 0. The van der Waals surface area contributed by atoms with Gasteiger partial charge >= 0.3 is 0 Å². The Hall–Kier alpha value is -0.910. The molecule has 0 radical (unpaired) electrons. The zero-order chi connectivity index (χ0) is 10.4. The molecule has 1 rings (SSSR count). The van der Waals surface area contributed by atoms with Gasteiger partial charge in [-0.2, -0.15) is 0 Å². The van der Waals surface area contributed by atoms with Crippen molar-refractivity contribution in [2.45, 2.75) is 6.92 Å². The maximum Gasteiger partial charge on any atom is 0.140 e. The Bertz CT molecular complexity index is 373. The van der Waals surface area contributed by atoms with E-state index in [1.165, 1.54) is 11.8 Å². The van der Waals surface area contributed by atoms with Crippen molar-refractivity contribution in [3.8, 4) is 11.2 Å². The number of halogens is 1. The number of hydrogen-bond donors (Lipinski definition) is 0. The summed E-state index contributed by atoms with van der Waals surface area (Å²) in [6.07, 6.45) is 0. The fourth-order valence-corrected chi connectivity index (χ4v) is 1.36. The number of carbonyl (C=O) groups is 1. The lowest BCUT2D eigenvalue weighted by Crippen LogP contribution is -1.90. The van der Waals surface area contributed by atoms with Crippen molar-refractivity contribution >= 4 is 29.1 Å². The first kappa shape index (κ1) is 11.2. The minimum Gasteiger partial charge on any atom is -0.299 e. The molecule has 14 heavy (non-hydrogen) atoms. The largest absolute Gasteiger partial charge is 0.299 e. The number of benzene rings is 1. The van der Waals surface area contributed by atoms with Crippen molar-refractivity contribution in [2.24, 2.45) is 0 Å². The van der Waals surface area contributed by atoms with E-state index in [1.54, 1.807) is 19.1 Å². The monoisotopic (exact) mass is 224 g/mol. The first-order chi connectivity index (χ1) is 6.68. The lowest BCUT2D eigenvalue weighted by molar-refractivity contribution is -0.114. The topological polar surface area (TPSA) is 17.1 Å². The van der Waals surface area contributed by atoms with Gasteiger partial charge in [0.25, 0.3) is 0 Å². The lowest BCUT2D eigenvalue weighted by Gasteiger charge is -1.89. The average molecular weight is 225 g/mol. The molecule has 0 fully saturated rings. The highest BCUT2D eigenvalue weighted by Gasteiger charge is 1.90. The van der Waals surface area contributed by atoms with Crippen LogP contribution < -0.4 is 0 Å². The third kappa shape index (κ3) is 4.36. The van der Waals surface area contributed by atoms with Gasteiger partial charge in [-0.15, -0.1) is 0 Å². The molecule has 0 heterocycles. The van der Waals surface area contributed by atoms with Crippen LogP contribution in [0.2, 0.25) is 5.02 Å². The van der Waals surface area contributed by atoms with Gasteiger partial charge in [-0.1, -0.05) is 29.3 Å². The quantitative estimate of drug-likeness (QED) is 0.719. The summed E-state index contributed by atoms with van der Waals surface area (Å²) in [5, 5.41) is 3.56. The number of rotatable bonds is 2. The van der Waals surface area contributed by atoms with Gasteiger partial charge in [0.05, 0.1) is 5.75 Å². The lowest BCUT2D eigenvalue weighted by atomic mass is 10.2. The van der Waals surface area contributed by atoms with Crippen molar-refractivity contribution in [3.05, 3.63) is 34.9 Å². The normalized spacial score (nSPS) is 9.00. The van der Waals surface area contributed by atoms with E-state index in [1.807, 2.05) is 12.1 Å². The zero-order valence-electron chi connectivity index (χ0n) is 7.71. The minimum atomic E-state index is 0.139. The number of Topliss-reactive ketones (excluding diaryl/α,β-unsaturated/α-hetero) is 1. The van der Waals surface area contributed by atoms with E-state index >= 15 is 0 Å². The van der Waals surface area contributed by atoms with E-state index < -0.39 is 0 Å². The van der Waals surface area contributed by atoms with E-state index in [-0.39, 0.29) is 5.78 Å². The van der Waals surface area contributed by atoms with E-state index in [0.29, 0.717) is 10.8 Å². The maximum atomic E-state index is 10.6. The maximum absolute atomic E-state index is 10.6. The highest BCUT2D eigenvalue weighted by Crippen LogP contribution is 2.08. The Morgan fingerprint density at radius 2 is 2.07 bits per heavy atom. The SMILES string of the molecule is CC(=O)CSC#Cc1ccc(Cl)cc1. The molecule has 3 heteroatoms. The summed E-state index contributed by atoms with van der Waals surface area (Å²) in [7, 11) is 0. The fourth-order valence-electron chi connectivity index (χ4n) is 0.766. The van der Waals surface area contributed by atoms with Gasteiger partial charge in [-0.25, -0.2) is 0 Å². The Labute approximate surface area is 92.8 Å². The zero-order valence-corrected chi connectivity index (χ0v) is 9.28. The molecule has 0 saturated heterocycles. The molecule has 72 valence electrons. The van der Waals surface area contributed by atoms with Crippen molar-refractivity contribution in [3.63, 3.8) is 0 Å². The smallest absolute Gasteiger partial charge is 0.140 e. The Balaban J connectivity index is 2.51. The molecule has 0 saturated carbocycles. The van der Waals surface area contributed by atoms with Gasteiger partial charge < -0.3 is 0 Å². The molecule has 1 nitrogen and oxygen atoms in total. The first-order valence-electron chi connectivity index (χ1n) is 4.06. The highest BCUT2D eigenvalue weighted by molar-refractivity contribution is 8.04. The van der Waals surface area contributed by atoms with Crippen LogP contribution in [0.25, 0.3) is 0 Å². The van der Waals surface area contributed by atoms with Crippen LogP contribution in [0.3, 0.4) is 0 Å². The van der Waals surface area contributed by atoms with Crippen LogP contribution in [0, 0.1) is 11.2 Å². The second kappa shape index (κ2) is 5.74. The van der Waals surface area contributed by atoms with E-state index in [9.17, 15) is 4.79 Å². The molecule has 1 aromatic rings. The van der Waals surface area contributed by atoms with Gasteiger partial charge in [0, 0.05) is 10.6 Å². The summed E-state index contributed by atoms with van der Waals surface area (Å²) in [6, 6.07) is 7.29. The molecule has 0 unspecified atom stereocenters. The van der Waals surface area contributed by atoms with Crippen LogP contribution in [0.15, 0.2) is 24.3 Å². The van der Waals surface area contributed by atoms with E-state index in [2.05, 4.69) is 11.2 Å². The van der Waals surface area contributed by atoms with Gasteiger partial charge in [0.15, 0.2) is 0 Å². The molecule has 1 aromatic carbocycles. The first-order valence-corrected chi connectivity index (χ1v) is 5.42. The van der Waals surface area contributed by atoms with Gasteiger partial charge in [0.1, 0.15) is 5.78 Å². The third-order valence-electron chi connectivity index (χ3n) is 1.39. The average Bonchev–Trinajstić information content (AvgIpc) is 2.15. The van der Waals surface area contributed by atoms with Crippen LogP contribution in [0.5, 0.6) is 0 Å². The van der Waals surface area contributed by atoms with Gasteiger partial charge in [-0.3, -0.25) is 4.79 Å². The number of thioether (sulfide) groups is 1. The summed E-state index contributed by atoms with van der Waals surface area (Å²) in [5.41, 5.74) is 0.908. The molecule has 0 N–H and O–H groups in total. The van der Waals surface area contributed by atoms with Crippen molar-refractivity contribution in [2.75, 3.05) is 5.75 Å². The van der Waals surface area contributed by atoms with Crippen LogP contribution in [0.1, 0.15) is 12.5 Å². The molecule has 0 aliphatic rings. The van der Waals surface area contributed by atoms with E-state index in [4.69, 9.17) is 11.6 Å². The predicted molar refractivity (Wildman–Crippen MR) is 61.5 cm³/mol. The standard InChI is InChI=1S/C11H9ClOS/c1-9(13)8-14-7-6-10-2-4-11(12)5-3-10/h2-5H,8H2,1H3. The van der Waals surface area contributed by atoms with Crippen LogP contribution in [-0.4, -0.2) is 11.5 Å². The summed E-state index contributed by atoms with van der Waals surface area (Å²) in [4.78, 5) is 10.6. The number of hydrogen-bond acceptors (Lipinski definition) is 2. The number of carbonyl (C=O) groups excluding carboxylic acids is 1. The molecule has 0 spiro atoms. The second-order valence-corrected chi connectivity index (χ2v) is 3.94.